The zero-order valence-electron chi connectivity index (χ0n) is 18.1. The molecule has 0 fully saturated rings. The maximum absolute atomic E-state index is 13.5. The number of methoxy groups -OCH3 is 2. The lowest BCUT2D eigenvalue weighted by Crippen LogP contribution is -2.33. The van der Waals surface area contributed by atoms with E-state index in [2.05, 4.69) is 15.4 Å². The quantitative estimate of drug-likeness (QED) is 0.613. The van der Waals surface area contributed by atoms with Gasteiger partial charge in [-0.05, 0) is 47.7 Å². The summed E-state index contributed by atoms with van der Waals surface area (Å²) in [5, 5.41) is 16.8. The number of hydrogen-bond donors (Lipinski definition) is 2. The van der Waals surface area contributed by atoms with E-state index >= 15 is 0 Å². The summed E-state index contributed by atoms with van der Waals surface area (Å²) >= 11 is 0. The molecule has 0 bridgehead atoms. The number of hydrogen-bond acceptors (Lipinski definition) is 7. The van der Waals surface area contributed by atoms with Crippen LogP contribution < -0.4 is 14.8 Å². The van der Waals surface area contributed by atoms with Crippen LogP contribution >= 0.6 is 0 Å². The van der Waals surface area contributed by atoms with Gasteiger partial charge in [-0.15, -0.1) is 0 Å². The molecule has 0 saturated carbocycles. The maximum atomic E-state index is 13.5. The molecule has 2 atom stereocenters. The molecule has 3 aromatic rings. The topological polar surface area (TPSA) is 116 Å². The van der Waals surface area contributed by atoms with E-state index in [-0.39, 0.29) is 17.3 Å². The van der Waals surface area contributed by atoms with Gasteiger partial charge < -0.3 is 19.9 Å². The van der Waals surface area contributed by atoms with Crippen LogP contribution in [0.25, 0.3) is 0 Å². The standard InChI is InChI=1S/C24H22N4O5/c1-32-19-8-7-15(11-20(19)33-2)16-9-17-21(18(29)10-16)22(28-24(27-17)25-12-26-28)13-3-5-14(6-4-13)23(30)31/h3-8,11-12,16,22H,9-10H2,1-2H3,(H,30,31)(H,25,26,27). The molecule has 0 radical (unpaired) electrons. The Morgan fingerprint density at radius 1 is 1.06 bits per heavy atom. The van der Waals surface area contributed by atoms with Crippen molar-refractivity contribution in [3.63, 3.8) is 0 Å². The van der Waals surface area contributed by atoms with Crippen molar-refractivity contribution in [2.45, 2.75) is 24.8 Å². The van der Waals surface area contributed by atoms with Crippen LogP contribution in [0.15, 0.2) is 60.1 Å². The number of allylic oxidation sites excluding steroid dienone is 2. The second-order valence-corrected chi connectivity index (χ2v) is 8.02. The fourth-order valence-corrected chi connectivity index (χ4v) is 4.61. The fraction of sp³-hybridized carbons (Fsp3) is 0.250. The first-order chi connectivity index (χ1) is 16.0. The minimum atomic E-state index is -1.00. The number of carbonyl (C=O) groups is 2. The Hall–Kier alpha value is -4.14. The number of nitrogens with zero attached hydrogens (tertiary/aromatic N) is 3. The molecule has 9 nitrogen and oxygen atoms in total. The van der Waals surface area contributed by atoms with E-state index < -0.39 is 12.0 Å². The number of carboxylic acid groups (broad SMARTS) is 1. The zero-order valence-corrected chi connectivity index (χ0v) is 18.1. The Balaban J connectivity index is 1.54. The minimum absolute atomic E-state index is 0.0111. The van der Waals surface area contributed by atoms with E-state index in [4.69, 9.17) is 9.47 Å². The molecule has 1 aromatic heterocycles. The summed E-state index contributed by atoms with van der Waals surface area (Å²) in [5.41, 5.74) is 3.39. The van der Waals surface area contributed by atoms with Crippen molar-refractivity contribution in [1.29, 1.82) is 0 Å². The van der Waals surface area contributed by atoms with Crippen molar-refractivity contribution in [3.05, 3.63) is 76.8 Å². The van der Waals surface area contributed by atoms with Gasteiger partial charge in [0.1, 0.15) is 12.4 Å². The third-order valence-corrected chi connectivity index (χ3v) is 6.21. The highest BCUT2D eigenvalue weighted by Crippen LogP contribution is 2.44. The average molecular weight is 446 g/mol. The van der Waals surface area contributed by atoms with Crippen molar-refractivity contribution in [2.75, 3.05) is 19.5 Å². The molecule has 33 heavy (non-hydrogen) atoms. The molecular formula is C24H22N4O5. The second-order valence-electron chi connectivity index (χ2n) is 8.02. The monoisotopic (exact) mass is 446 g/mol. The summed E-state index contributed by atoms with van der Waals surface area (Å²) < 4.78 is 12.4. The van der Waals surface area contributed by atoms with E-state index in [0.29, 0.717) is 35.9 Å². The van der Waals surface area contributed by atoms with Crippen molar-refractivity contribution in [2.24, 2.45) is 0 Å². The lowest BCUT2D eigenvalue weighted by molar-refractivity contribution is -0.116. The molecule has 2 heterocycles. The highest BCUT2D eigenvalue weighted by atomic mass is 16.5. The molecule has 2 unspecified atom stereocenters. The van der Waals surface area contributed by atoms with Crippen LogP contribution in [0.3, 0.4) is 0 Å². The van der Waals surface area contributed by atoms with Gasteiger partial charge in [-0.25, -0.2) is 9.48 Å². The van der Waals surface area contributed by atoms with Crippen LogP contribution in [0.1, 0.15) is 46.3 Å². The van der Waals surface area contributed by atoms with Crippen molar-refractivity contribution >= 4 is 17.7 Å². The van der Waals surface area contributed by atoms with E-state index in [1.165, 1.54) is 18.5 Å². The number of aromatic nitrogens is 3. The third kappa shape index (κ3) is 3.51. The van der Waals surface area contributed by atoms with Gasteiger partial charge in [0.15, 0.2) is 17.3 Å². The maximum Gasteiger partial charge on any atom is 0.335 e. The van der Waals surface area contributed by atoms with Crippen molar-refractivity contribution in [3.8, 4) is 11.5 Å². The summed E-state index contributed by atoms with van der Waals surface area (Å²) in [4.78, 5) is 29.0. The van der Waals surface area contributed by atoms with Crippen molar-refractivity contribution < 1.29 is 24.2 Å². The molecule has 0 amide bonds. The first-order valence-electron chi connectivity index (χ1n) is 10.5. The van der Waals surface area contributed by atoms with Crippen LogP contribution in [0.4, 0.5) is 5.95 Å². The predicted molar refractivity (Wildman–Crippen MR) is 119 cm³/mol. The van der Waals surface area contributed by atoms with Crippen LogP contribution in [0, 0.1) is 0 Å². The Kier molecular flexibility index (Phi) is 5.08. The van der Waals surface area contributed by atoms with Crippen molar-refractivity contribution in [1.82, 2.24) is 14.8 Å². The molecule has 1 aliphatic heterocycles. The summed E-state index contributed by atoms with van der Waals surface area (Å²) in [7, 11) is 3.17. The number of ether oxygens (including phenoxy) is 2. The van der Waals surface area contributed by atoms with E-state index in [0.717, 1.165) is 16.8 Å². The van der Waals surface area contributed by atoms with Crippen LogP contribution in [-0.4, -0.2) is 45.8 Å². The molecule has 1 aliphatic carbocycles. The number of ketones is 1. The number of carboxylic acids is 1. The minimum Gasteiger partial charge on any atom is -0.493 e. The molecule has 5 rings (SSSR count). The number of rotatable bonds is 5. The van der Waals surface area contributed by atoms with Gasteiger partial charge in [-0.1, -0.05) is 18.2 Å². The van der Waals surface area contributed by atoms with Gasteiger partial charge in [-0.3, -0.25) is 4.79 Å². The summed E-state index contributed by atoms with van der Waals surface area (Å²) in [6.07, 6.45) is 2.40. The number of carbonyl (C=O) groups excluding carboxylic acids is 1. The molecular weight excluding hydrogens is 424 g/mol. The fourth-order valence-electron chi connectivity index (χ4n) is 4.61. The number of benzene rings is 2. The number of anilines is 1. The smallest absolute Gasteiger partial charge is 0.335 e. The molecule has 0 spiro atoms. The van der Waals surface area contributed by atoms with Crippen LogP contribution in [-0.2, 0) is 4.79 Å². The van der Waals surface area contributed by atoms with E-state index in [1.54, 1.807) is 31.0 Å². The molecule has 2 aromatic carbocycles. The van der Waals surface area contributed by atoms with E-state index in [1.807, 2.05) is 18.2 Å². The molecule has 9 heteroatoms. The molecule has 2 aliphatic rings. The average Bonchev–Trinajstić information content (AvgIpc) is 3.30. The summed E-state index contributed by atoms with van der Waals surface area (Å²) in [6, 6.07) is 11.8. The first kappa shape index (κ1) is 20.7. The van der Waals surface area contributed by atoms with Gasteiger partial charge in [-0.2, -0.15) is 10.1 Å². The molecule has 2 N–H and O–H groups in total. The normalized spacial score (nSPS) is 19.4. The zero-order chi connectivity index (χ0) is 23.1. The number of nitrogens with one attached hydrogen (secondary N) is 1. The van der Waals surface area contributed by atoms with E-state index in [9.17, 15) is 14.7 Å². The Morgan fingerprint density at radius 2 is 1.79 bits per heavy atom. The van der Waals surface area contributed by atoms with Crippen LogP contribution in [0.5, 0.6) is 11.5 Å². The van der Waals surface area contributed by atoms with Gasteiger partial charge in [0.2, 0.25) is 5.95 Å². The number of Topliss-reactive ketones (excluding diaryl/α,β-unsaturated/α-hetero) is 1. The van der Waals surface area contributed by atoms with Gasteiger partial charge in [0.05, 0.1) is 19.8 Å². The SMILES string of the molecule is COc1ccc(C2CC(=O)C3=C(C2)Nc2ncnn2C3c2ccc(C(=O)O)cc2)cc1OC. The molecule has 168 valence electrons. The molecule has 0 saturated heterocycles. The second kappa shape index (κ2) is 8.09. The highest BCUT2D eigenvalue weighted by molar-refractivity contribution is 6.00. The summed E-state index contributed by atoms with van der Waals surface area (Å²) in [6.45, 7) is 0. The lowest BCUT2D eigenvalue weighted by atomic mass is 9.78. The summed E-state index contributed by atoms with van der Waals surface area (Å²) in [5.74, 6) is 0.777. The largest absolute Gasteiger partial charge is 0.493 e. The Labute approximate surface area is 189 Å². The Morgan fingerprint density at radius 3 is 2.48 bits per heavy atom. The third-order valence-electron chi connectivity index (χ3n) is 6.21. The lowest BCUT2D eigenvalue weighted by Gasteiger charge is -2.35. The van der Waals surface area contributed by atoms with Crippen LogP contribution in [0.2, 0.25) is 0 Å². The Bertz CT molecular complexity index is 1280. The number of aromatic carboxylic acids is 1. The predicted octanol–water partition coefficient (Wildman–Crippen LogP) is 3.41. The highest BCUT2D eigenvalue weighted by Gasteiger charge is 2.39. The van der Waals surface area contributed by atoms with Gasteiger partial charge in [0.25, 0.3) is 0 Å². The van der Waals surface area contributed by atoms with Gasteiger partial charge >= 0.3 is 5.97 Å². The number of fused-ring (bicyclic) bond motifs is 1. The van der Waals surface area contributed by atoms with Gasteiger partial charge in [0, 0.05) is 17.7 Å². The first-order valence-corrected chi connectivity index (χ1v) is 10.5.